The van der Waals surface area contributed by atoms with Crippen molar-refractivity contribution in [2.24, 2.45) is 0 Å². The standard InChI is InChI=1S/C9H16ClNO2/c1-4-9(5-2,8(12)13)11-6-7(3)10/h11H,3-6H2,1-2H3,(H,12,13). The minimum absolute atomic E-state index is 0.329. The summed E-state index contributed by atoms with van der Waals surface area (Å²) in [4.78, 5) is 11.0. The van der Waals surface area contributed by atoms with Gasteiger partial charge in [-0.15, -0.1) is 0 Å². The lowest BCUT2D eigenvalue weighted by Gasteiger charge is -2.27. The SMILES string of the molecule is C=C(Cl)CNC(CC)(CC)C(=O)O. The Morgan fingerprint density at radius 3 is 2.23 bits per heavy atom. The van der Waals surface area contributed by atoms with Gasteiger partial charge in [-0.25, -0.2) is 0 Å². The molecule has 0 aliphatic rings. The Morgan fingerprint density at radius 2 is 2.00 bits per heavy atom. The number of carbonyl (C=O) groups is 1. The second kappa shape index (κ2) is 5.25. The number of hydrogen-bond donors (Lipinski definition) is 2. The maximum absolute atomic E-state index is 11.0. The van der Waals surface area contributed by atoms with Crippen LogP contribution in [0.15, 0.2) is 11.6 Å². The first-order valence-corrected chi connectivity index (χ1v) is 4.68. The van der Waals surface area contributed by atoms with Crippen LogP contribution in [0.4, 0.5) is 0 Å². The molecule has 2 N–H and O–H groups in total. The Morgan fingerprint density at radius 1 is 1.54 bits per heavy atom. The fraction of sp³-hybridized carbons (Fsp3) is 0.667. The van der Waals surface area contributed by atoms with Crippen LogP contribution in [0.5, 0.6) is 0 Å². The molecule has 0 bridgehead atoms. The van der Waals surface area contributed by atoms with E-state index < -0.39 is 11.5 Å². The summed E-state index contributed by atoms with van der Waals surface area (Å²) < 4.78 is 0. The van der Waals surface area contributed by atoms with Crippen molar-refractivity contribution in [1.82, 2.24) is 5.32 Å². The van der Waals surface area contributed by atoms with E-state index in [9.17, 15) is 4.79 Å². The molecule has 0 amide bonds. The molecule has 0 spiro atoms. The topological polar surface area (TPSA) is 49.3 Å². The van der Waals surface area contributed by atoms with Gasteiger partial charge in [-0.1, -0.05) is 32.0 Å². The summed E-state index contributed by atoms with van der Waals surface area (Å²) in [5.41, 5.74) is -0.863. The van der Waals surface area contributed by atoms with E-state index in [4.69, 9.17) is 16.7 Å². The van der Waals surface area contributed by atoms with E-state index in [2.05, 4.69) is 11.9 Å². The van der Waals surface area contributed by atoms with Gasteiger partial charge in [0.05, 0.1) is 0 Å². The van der Waals surface area contributed by atoms with E-state index in [-0.39, 0.29) is 0 Å². The molecule has 0 saturated carbocycles. The number of halogens is 1. The predicted octanol–water partition coefficient (Wildman–Crippen LogP) is 1.97. The summed E-state index contributed by atoms with van der Waals surface area (Å²) in [5, 5.41) is 12.3. The zero-order valence-corrected chi connectivity index (χ0v) is 8.82. The number of hydrogen-bond acceptors (Lipinski definition) is 2. The number of nitrogens with one attached hydrogen (secondary N) is 1. The molecule has 0 aromatic rings. The molecule has 0 atom stereocenters. The molecule has 76 valence electrons. The molecule has 0 aliphatic carbocycles. The van der Waals surface area contributed by atoms with Crippen LogP contribution < -0.4 is 5.32 Å². The van der Waals surface area contributed by atoms with Crippen molar-refractivity contribution >= 4 is 17.6 Å². The highest BCUT2D eigenvalue weighted by Gasteiger charge is 2.33. The lowest BCUT2D eigenvalue weighted by atomic mass is 9.93. The Labute approximate surface area is 83.8 Å². The fourth-order valence-electron chi connectivity index (χ4n) is 1.14. The summed E-state index contributed by atoms with van der Waals surface area (Å²) in [6.45, 7) is 7.49. The number of carboxylic acids is 1. The molecule has 4 heteroatoms. The highest BCUT2D eigenvalue weighted by molar-refractivity contribution is 6.29. The predicted molar refractivity (Wildman–Crippen MR) is 53.9 cm³/mol. The third-order valence-corrected chi connectivity index (χ3v) is 2.37. The van der Waals surface area contributed by atoms with Crippen molar-refractivity contribution in [2.75, 3.05) is 6.54 Å². The van der Waals surface area contributed by atoms with E-state index in [1.165, 1.54) is 0 Å². The van der Waals surface area contributed by atoms with Gasteiger partial charge in [0.25, 0.3) is 0 Å². The molecule has 0 radical (unpaired) electrons. The van der Waals surface area contributed by atoms with Crippen molar-refractivity contribution in [3.05, 3.63) is 11.6 Å². The molecular weight excluding hydrogens is 190 g/mol. The summed E-state index contributed by atoms with van der Waals surface area (Å²) in [5.74, 6) is -0.838. The van der Waals surface area contributed by atoms with E-state index >= 15 is 0 Å². The molecule has 0 rings (SSSR count). The zero-order chi connectivity index (χ0) is 10.5. The van der Waals surface area contributed by atoms with Crippen LogP contribution in [-0.4, -0.2) is 23.2 Å². The molecule has 0 heterocycles. The summed E-state index contributed by atoms with van der Waals surface area (Å²) in [6.07, 6.45) is 1.06. The number of aliphatic carboxylic acids is 1. The highest BCUT2D eigenvalue weighted by atomic mass is 35.5. The first-order chi connectivity index (χ1) is 5.98. The zero-order valence-electron chi connectivity index (χ0n) is 8.06. The van der Waals surface area contributed by atoms with Crippen LogP contribution in [0.2, 0.25) is 0 Å². The lowest BCUT2D eigenvalue weighted by molar-refractivity contribution is -0.145. The van der Waals surface area contributed by atoms with Gasteiger partial charge in [-0.3, -0.25) is 10.1 Å². The van der Waals surface area contributed by atoms with Crippen LogP contribution >= 0.6 is 11.6 Å². The monoisotopic (exact) mass is 205 g/mol. The van der Waals surface area contributed by atoms with Crippen molar-refractivity contribution in [2.45, 2.75) is 32.2 Å². The van der Waals surface area contributed by atoms with Crippen LogP contribution in [0.3, 0.4) is 0 Å². The van der Waals surface area contributed by atoms with Gasteiger partial charge in [0, 0.05) is 11.6 Å². The van der Waals surface area contributed by atoms with Gasteiger partial charge in [0.15, 0.2) is 0 Å². The first kappa shape index (κ1) is 12.5. The molecule has 0 saturated heterocycles. The Hall–Kier alpha value is -0.540. The van der Waals surface area contributed by atoms with E-state index in [0.717, 1.165) is 0 Å². The number of rotatable bonds is 6. The van der Waals surface area contributed by atoms with Crippen LogP contribution in [0.25, 0.3) is 0 Å². The van der Waals surface area contributed by atoms with Gasteiger partial charge in [0.1, 0.15) is 5.54 Å². The Kier molecular flexibility index (Phi) is 5.03. The molecule has 13 heavy (non-hydrogen) atoms. The molecule has 0 aromatic carbocycles. The molecule has 0 aromatic heterocycles. The molecule has 0 aliphatic heterocycles. The van der Waals surface area contributed by atoms with Gasteiger partial charge >= 0.3 is 5.97 Å². The van der Waals surface area contributed by atoms with Crippen molar-refractivity contribution < 1.29 is 9.90 Å². The summed E-state index contributed by atoms with van der Waals surface area (Å²) in [6, 6.07) is 0. The number of carboxylic acid groups (broad SMARTS) is 1. The lowest BCUT2D eigenvalue weighted by Crippen LogP contribution is -2.51. The highest BCUT2D eigenvalue weighted by Crippen LogP contribution is 2.15. The van der Waals surface area contributed by atoms with Gasteiger partial charge in [-0.05, 0) is 12.8 Å². The summed E-state index contributed by atoms with van der Waals surface area (Å²) >= 11 is 5.55. The van der Waals surface area contributed by atoms with Gasteiger partial charge in [0.2, 0.25) is 0 Å². The average molecular weight is 206 g/mol. The smallest absolute Gasteiger partial charge is 0.323 e. The molecule has 0 unspecified atom stereocenters. The normalized spacial score (nSPS) is 11.3. The Bertz CT molecular complexity index is 200. The first-order valence-electron chi connectivity index (χ1n) is 4.30. The maximum atomic E-state index is 11.0. The van der Waals surface area contributed by atoms with Crippen LogP contribution in [-0.2, 0) is 4.79 Å². The largest absolute Gasteiger partial charge is 0.480 e. The van der Waals surface area contributed by atoms with E-state index in [1.54, 1.807) is 0 Å². The van der Waals surface area contributed by atoms with E-state index in [1.807, 2.05) is 13.8 Å². The molecular formula is C9H16ClNO2. The second-order valence-corrected chi connectivity index (χ2v) is 3.50. The van der Waals surface area contributed by atoms with Crippen molar-refractivity contribution in [3.63, 3.8) is 0 Å². The van der Waals surface area contributed by atoms with Crippen LogP contribution in [0, 0.1) is 0 Å². The van der Waals surface area contributed by atoms with E-state index in [0.29, 0.717) is 24.4 Å². The van der Waals surface area contributed by atoms with Crippen LogP contribution in [0.1, 0.15) is 26.7 Å². The fourth-order valence-corrected chi connectivity index (χ4v) is 1.21. The Balaban J connectivity index is 4.39. The molecule has 0 fully saturated rings. The minimum Gasteiger partial charge on any atom is -0.480 e. The second-order valence-electron chi connectivity index (χ2n) is 2.97. The van der Waals surface area contributed by atoms with Crippen molar-refractivity contribution in [3.8, 4) is 0 Å². The average Bonchev–Trinajstić information content (AvgIpc) is 2.06. The molecule has 3 nitrogen and oxygen atoms in total. The van der Waals surface area contributed by atoms with Gasteiger partial charge in [-0.2, -0.15) is 0 Å². The van der Waals surface area contributed by atoms with Crippen molar-refractivity contribution in [1.29, 1.82) is 0 Å². The minimum atomic E-state index is -0.863. The third-order valence-electron chi connectivity index (χ3n) is 2.24. The maximum Gasteiger partial charge on any atom is 0.323 e. The van der Waals surface area contributed by atoms with Gasteiger partial charge < -0.3 is 5.11 Å². The quantitative estimate of drug-likeness (QED) is 0.697. The third kappa shape index (κ3) is 3.36. The summed E-state index contributed by atoms with van der Waals surface area (Å²) in [7, 11) is 0.